The van der Waals surface area contributed by atoms with Crippen LogP contribution in [0.2, 0.25) is 0 Å². The molecule has 0 aliphatic heterocycles. The third-order valence-electron chi connectivity index (χ3n) is 2.51. The fourth-order valence-corrected chi connectivity index (χ4v) is 2.45. The molecule has 18 heavy (non-hydrogen) atoms. The number of hydrogen-bond acceptors (Lipinski definition) is 4. The summed E-state index contributed by atoms with van der Waals surface area (Å²) in [4.78, 5) is 15.0. The number of nitrogens with zero attached hydrogens (tertiary/aromatic N) is 2. The molecule has 0 amide bonds. The predicted octanol–water partition coefficient (Wildman–Crippen LogP) is 1.29. The van der Waals surface area contributed by atoms with Crippen molar-refractivity contribution in [3.8, 4) is 0 Å². The lowest BCUT2D eigenvalue weighted by Crippen LogP contribution is -2.32. The molecule has 0 aromatic carbocycles. The van der Waals surface area contributed by atoms with E-state index in [2.05, 4.69) is 4.98 Å². The smallest absolute Gasteiger partial charge is 0.321 e. The van der Waals surface area contributed by atoms with Gasteiger partial charge in [-0.15, -0.1) is 0 Å². The number of carbonyl (C=O) groups is 1. The van der Waals surface area contributed by atoms with Crippen molar-refractivity contribution in [3.63, 3.8) is 0 Å². The third-order valence-corrected chi connectivity index (χ3v) is 3.61. The highest BCUT2D eigenvalue weighted by Crippen LogP contribution is 2.14. The van der Waals surface area contributed by atoms with Gasteiger partial charge in [-0.3, -0.25) is 4.79 Å². The molecular weight excluding hydrogens is 250 g/mol. The minimum absolute atomic E-state index is 0.391. The molecule has 0 saturated carbocycles. The Morgan fingerprint density at radius 2 is 2.33 bits per heavy atom. The van der Waals surface area contributed by atoms with E-state index in [1.165, 1.54) is 17.3 Å². The minimum atomic E-state index is -0.965. The number of pyridine rings is 1. The van der Waals surface area contributed by atoms with Crippen molar-refractivity contribution in [2.24, 2.45) is 5.73 Å². The van der Waals surface area contributed by atoms with Crippen LogP contribution in [0.15, 0.2) is 24.5 Å². The lowest BCUT2D eigenvalue weighted by Gasteiger charge is -2.03. The largest absolute Gasteiger partial charge is 0.480 e. The molecular formula is C12H15N3O2S. The number of imidazole rings is 1. The topological polar surface area (TPSA) is 80.6 Å². The van der Waals surface area contributed by atoms with Crippen LogP contribution in [0.1, 0.15) is 11.3 Å². The van der Waals surface area contributed by atoms with E-state index in [0.717, 1.165) is 11.3 Å². The molecule has 0 radical (unpaired) electrons. The maximum absolute atomic E-state index is 10.6. The molecule has 3 N–H and O–H groups in total. The highest BCUT2D eigenvalue weighted by molar-refractivity contribution is 7.98. The van der Waals surface area contributed by atoms with Gasteiger partial charge in [-0.2, -0.15) is 11.8 Å². The second-order valence-electron chi connectivity index (χ2n) is 4.16. The zero-order valence-corrected chi connectivity index (χ0v) is 10.9. The van der Waals surface area contributed by atoms with Crippen LogP contribution >= 0.6 is 11.8 Å². The normalized spacial score (nSPS) is 12.8. The summed E-state index contributed by atoms with van der Waals surface area (Å²) in [5, 5.41) is 8.67. The summed E-state index contributed by atoms with van der Waals surface area (Å²) in [6.45, 7) is 2.03. The minimum Gasteiger partial charge on any atom is -0.480 e. The summed E-state index contributed by atoms with van der Waals surface area (Å²) < 4.78 is 1.97. The summed E-state index contributed by atoms with van der Waals surface area (Å²) in [6.07, 6.45) is 3.97. The van der Waals surface area contributed by atoms with Gasteiger partial charge in [0, 0.05) is 23.9 Å². The fraction of sp³-hybridized carbons (Fsp3) is 0.333. The van der Waals surface area contributed by atoms with Crippen molar-refractivity contribution >= 4 is 23.4 Å². The van der Waals surface area contributed by atoms with Crippen LogP contribution in [-0.4, -0.2) is 32.3 Å². The molecule has 2 aromatic rings. The standard InChI is InChI=1S/C12H15N3O2S/c1-8-2-3-11-14-9(5-15(11)4-8)6-18-7-10(13)12(16)17/h2-5,10H,6-7,13H2,1H3,(H,16,17). The number of fused-ring (bicyclic) bond motifs is 1. The van der Waals surface area contributed by atoms with E-state index in [4.69, 9.17) is 10.8 Å². The summed E-state index contributed by atoms with van der Waals surface area (Å²) in [7, 11) is 0. The van der Waals surface area contributed by atoms with Gasteiger partial charge in [0.25, 0.3) is 0 Å². The van der Waals surface area contributed by atoms with E-state index >= 15 is 0 Å². The maximum atomic E-state index is 10.6. The number of aromatic nitrogens is 2. The number of aliphatic carboxylic acids is 1. The Balaban J connectivity index is 1.98. The Kier molecular flexibility index (Phi) is 3.88. The second kappa shape index (κ2) is 5.41. The van der Waals surface area contributed by atoms with Gasteiger partial charge in [0.05, 0.1) is 5.69 Å². The van der Waals surface area contributed by atoms with Crippen LogP contribution in [0.4, 0.5) is 0 Å². The lowest BCUT2D eigenvalue weighted by atomic mass is 10.3. The van der Waals surface area contributed by atoms with Crippen LogP contribution < -0.4 is 5.73 Å². The van der Waals surface area contributed by atoms with Crippen molar-refractivity contribution in [2.45, 2.75) is 18.7 Å². The van der Waals surface area contributed by atoms with Gasteiger partial charge in [-0.25, -0.2) is 4.98 Å². The molecule has 0 saturated heterocycles. The highest BCUT2D eigenvalue weighted by Gasteiger charge is 2.11. The molecule has 96 valence electrons. The van der Waals surface area contributed by atoms with E-state index in [9.17, 15) is 4.79 Å². The summed E-state index contributed by atoms with van der Waals surface area (Å²) in [5.41, 5.74) is 8.44. The predicted molar refractivity (Wildman–Crippen MR) is 71.7 cm³/mol. The molecule has 0 bridgehead atoms. The van der Waals surface area contributed by atoms with Gasteiger partial charge in [0.1, 0.15) is 11.7 Å². The zero-order valence-electron chi connectivity index (χ0n) is 10.0. The van der Waals surface area contributed by atoms with Crippen molar-refractivity contribution in [2.75, 3.05) is 5.75 Å². The number of thioether (sulfide) groups is 1. The highest BCUT2D eigenvalue weighted by atomic mass is 32.2. The van der Waals surface area contributed by atoms with Gasteiger partial charge >= 0.3 is 5.97 Å². The first kappa shape index (κ1) is 12.9. The average Bonchev–Trinajstić information content (AvgIpc) is 2.70. The van der Waals surface area contributed by atoms with E-state index in [1.807, 2.05) is 35.9 Å². The summed E-state index contributed by atoms with van der Waals surface area (Å²) in [6, 6.07) is 3.17. The van der Waals surface area contributed by atoms with E-state index < -0.39 is 12.0 Å². The summed E-state index contributed by atoms with van der Waals surface area (Å²) >= 11 is 1.48. The van der Waals surface area contributed by atoms with Crippen molar-refractivity contribution < 1.29 is 9.90 Å². The average molecular weight is 265 g/mol. The Hall–Kier alpha value is -1.53. The number of hydrogen-bond donors (Lipinski definition) is 2. The molecule has 2 aromatic heterocycles. The first-order valence-corrected chi connectivity index (χ1v) is 6.72. The molecule has 0 fully saturated rings. The van der Waals surface area contributed by atoms with Crippen molar-refractivity contribution in [3.05, 3.63) is 35.8 Å². The molecule has 0 aliphatic rings. The molecule has 2 rings (SSSR count). The Morgan fingerprint density at radius 3 is 3.06 bits per heavy atom. The maximum Gasteiger partial charge on any atom is 0.321 e. The Morgan fingerprint density at radius 1 is 1.56 bits per heavy atom. The quantitative estimate of drug-likeness (QED) is 0.851. The Bertz CT molecular complexity index is 567. The first-order chi connectivity index (χ1) is 8.56. The van der Waals surface area contributed by atoms with Crippen LogP contribution in [0.25, 0.3) is 5.65 Å². The monoisotopic (exact) mass is 265 g/mol. The lowest BCUT2D eigenvalue weighted by molar-refractivity contribution is -0.137. The molecule has 6 heteroatoms. The summed E-state index contributed by atoms with van der Waals surface area (Å²) in [5.74, 6) is 0.0948. The number of carboxylic acid groups (broad SMARTS) is 1. The number of nitrogens with two attached hydrogens (primary N) is 1. The van der Waals surface area contributed by atoms with Crippen molar-refractivity contribution in [1.29, 1.82) is 0 Å². The number of carboxylic acids is 1. The Labute approximate surface area is 109 Å². The third kappa shape index (κ3) is 3.02. The molecule has 0 aliphatic carbocycles. The van der Waals surface area contributed by atoms with Crippen LogP contribution in [0, 0.1) is 6.92 Å². The molecule has 0 spiro atoms. The second-order valence-corrected chi connectivity index (χ2v) is 5.19. The first-order valence-electron chi connectivity index (χ1n) is 5.56. The van der Waals surface area contributed by atoms with Gasteiger partial charge in [0.2, 0.25) is 0 Å². The van der Waals surface area contributed by atoms with E-state index in [0.29, 0.717) is 11.5 Å². The zero-order chi connectivity index (χ0) is 13.1. The van der Waals surface area contributed by atoms with E-state index in [1.54, 1.807) is 0 Å². The van der Waals surface area contributed by atoms with Crippen LogP contribution in [0.5, 0.6) is 0 Å². The van der Waals surface area contributed by atoms with Gasteiger partial charge in [0.15, 0.2) is 0 Å². The van der Waals surface area contributed by atoms with Gasteiger partial charge < -0.3 is 15.2 Å². The number of aryl methyl sites for hydroxylation is 1. The SMILES string of the molecule is Cc1ccc2nc(CSCC(N)C(=O)O)cn2c1. The van der Waals surface area contributed by atoms with Crippen LogP contribution in [-0.2, 0) is 10.5 Å². The molecule has 1 unspecified atom stereocenters. The van der Waals surface area contributed by atoms with Crippen molar-refractivity contribution in [1.82, 2.24) is 9.38 Å². The van der Waals surface area contributed by atoms with Crippen LogP contribution in [0.3, 0.4) is 0 Å². The number of rotatable bonds is 5. The fourth-order valence-electron chi connectivity index (χ4n) is 1.59. The molecule has 2 heterocycles. The van der Waals surface area contributed by atoms with E-state index in [-0.39, 0.29) is 0 Å². The van der Waals surface area contributed by atoms with Gasteiger partial charge in [-0.05, 0) is 18.6 Å². The molecule has 5 nitrogen and oxygen atoms in total. The van der Waals surface area contributed by atoms with Gasteiger partial charge in [-0.1, -0.05) is 6.07 Å². The molecule has 1 atom stereocenters.